The Bertz CT molecular complexity index is 1350. The second-order valence-electron chi connectivity index (χ2n) is 8.88. The number of piperazine rings is 1. The van der Waals surface area contributed by atoms with E-state index in [4.69, 9.17) is 4.98 Å². The Morgan fingerprint density at radius 2 is 1.97 bits per heavy atom. The maximum Gasteiger partial charge on any atom is 0.278 e. The van der Waals surface area contributed by atoms with Crippen LogP contribution in [0.1, 0.15) is 25.5 Å². The molecule has 0 saturated carbocycles. The van der Waals surface area contributed by atoms with Gasteiger partial charge in [-0.15, -0.1) is 0 Å². The lowest BCUT2D eigenvalue weighted by molar-refractivity contribution is 0.280. The molecule has 1 fully saturated rings. The minimum Gasteiger partial charge on any atom is -0.392 e. The predicted molar refractivity (Wildman–Crippen MR) is 137 cm³/mol. The number of aliphatic hydroxyl groups is 1. The van der Waals surface area contributed by atoms with Gasteiger partial charge in [0.05, 0.1) is 12.3 Å². The van der Waals surface area contributed by atoms with Crippen molar-refractivity contribution in [2.24, 2.45) is 0 Å². The Morgan fingerprint density at radius 1 is 1.18 bits per heavy atom. The highest BCUT2D eigenvalue weighted by Crippen LogP contribution is 2.27. The van der Waals surface area contributed by atoms with Gasteiger partial charge in [0.25, 0.3) is 5.56 Å². The van der Waals surface area contributed by atoms with E-state index in [1.54, 1.807) is 22.2 Å². The van der Waals surface area contributed by atoms with Crippen molar-refractivity contribution in [1.82, 2.24) is 24.2 Å². The van der Waals surface area contributed by atoms with Gasteiger partial charge >= 0.3 is 0 Å². The lowest BCUT2D eigenvalue weighted by Crippen LogP contribution is -2.44. The molecule has 1 aliphatic rings. The summed E-state index contributed by atoms with van der Waals surface area (Å²) < 4.78 is 3.57. The first-order valence-electron chi connectivity index (χ1n) is 11.4. The van der Waals surface area contributed by atoms with Crippen molar-refractivity contribution >= 4 is 39.7 Å². The Labute approximate surface area is 201 Å². The fourth-order valence-electron chi connectivity index (χ4n) is 4.43. The van der Waals surface area contributed by atoms with E-state index in [0.29, 0.717) is 17.0 Å². The second-order valence-corrected chi connectivity index (χ2v) is 9.66. The Balaban J connectivity index is 1.50. The van der Waals surface area contributed by atoms with Crippen molar-refractivity contribution < 1.29 is 5.11 Å². The highest BCUT2D eigenvalue weighted by atomic mass is 32.1. The van der Waals surface area contributed by atoms with Crippen LogP contribution in [0, 0.1) is 0 Å². The van der Waals surface area contributed by atoms with Crippen LogP contribution in [0.4, 0.5) is 17.3 Å². The van der Waals surface area contributed by atoms with E-state index < -0.39 is 0 Å². The largest absolute Gasteiger partial charge is 0.392 e. The number of anilines is 3. The molecule has 3 aromatic heterocycles. The average Bonchev–Trinajstić information content (AvgIpc) is 3.46. The molecule has 1 aliphatic heterocycles. The van der Waals surface area contributed by atoms with Crippen LogP contribution < -0.4 is 15.8 Å². The van der Waals surface area contributed by atoms with Crippen molar-refractivity contribution in [1.29, 1.82) is 0 Å². The van der Waals surface area contributed by atoms with E-state index in [0.717, 1.165) is 48.8 Å². The van der Waals surface area contributed by atoms with E-state index in [9.17, 15) is 9.90 Å². The van der Waals surface area contributed by atoms with Gasteiger partial charge in [0.1, 0.15) is 5.39 Å². The highest BCUT2D eigenvalue weighted by Gasteiger charge is 2.20. The molecule has 2 N–H and O–H groups in total. The molecular formula is C24H29N7O2S. The average molecular weight is 480 g/mol. The van der Waals surface area contributed by atoms with Gasteiger partial charge in [-0.3, -0.25) is 4.79 Å². The van der Waals surface area contributed by atoms with E-state index in [-0.39, 0.29) is 18.2 Å². The van der Waals surface area contributed by atoms with Gasteiger partial charge in [-0.05, 0) is 50.5 Å². The molecule has 4 aromatic rings. The molecule has 0 radical (unpaired) electrons. The summed E-state index contributed by atoms with van der Waals surface area (Å²) in [5.74, 6) is 0.397. The number of likely N-dealkylation sites (N-methyl/N-ethyl adjacent to an activating group) is 1. The van der Waals surface area contributed by atoms with Crippen LogP contribution in [0.15, 0.2) is 46.0 Å². The normalized spacial score (nSPS) is 14.9. The molecular weight excluding hydrogens is 450 g/mol. The molecule has 0 aliphatic carbocycles. The van der Waals surface area contributed by atoms with Crippen molar-refractivity contribution in [2.75, 3.05) is 43.4 Å². The molecule has 178 valence electrons. The van der Waals surface area contributed by atoms with Gasteiger partial charge < -0.3 is 20.2 Å². The van der Waals surface area contributed by atoms with Crippen LogP contribution in [0.5, 0.6) is 0 Å². The summed E-state index contributed by atoms with van der Waals surface area (Å²) in [6.07, 6.45) is 1.58. The van der Waals surface area contributed by atoms with Crippen LogP contribution >= 0.6 is 11.3 Å². The van der Waals surface area contributed by atoms with Crippen LogP contribution in [0.3, 0.4) is 0 Å². The number of nitrogens with zero attached hydrogens (tertiary/aromatic N) is 6. The zero-order valence-electron chi connectivity index (χ0n) is 19.6. The minimum atomic E-state index is -0.109. The number of aliphatic hydroxyl groups excluding tert-OH is 1. The van der Waals surface area contributed by atoms with Gasteiger partial charge in [-0.2, -0.15) is 16.3 Å². The van der Waals surface area contributed by atoms with Crippen LogP contribution in [0.2, 0.25) is 0 Å². The fraction of sp³-hybridized carbons (Fsp3) is 0.375. The van der Waals surface area contributed by atoms with E-state index in [2.05, 4.69) is 27.1 Å². The molecule has 0 spiro atoms. The molecule has 10 heteroatoms. The van der Waals surface area contributed by atoms with Crippen molar-refractivity contribution in [3.8, 4) is 5.69 Å². The first-order valence-corrected chi connectivity index (χ1v) is 12.4. The Kier molecular flexibility index (Phi) is 6.11. The number of hydrogen-bond donors (Lipinski definition) is 2. The number of nitrogens with one attached hydrogen (secondary N) is 1. The zero-order valence-corrected chi connectivity index (χ0v) is 20.4. The molecule has 0 unspecified atom stereocenters. The molecule has 9 nitrogen and oxygen atoms in total. The molecule has 0 atom stereocenters. The summed E-state index contributed by atoms with van der Waals surface area (Å²) >= 11 is 1.57. The smallest absolute Gasteiger partial charge is 0.278 e. The summed E-state index contributed by atoms with van der Waals surface area (Å²) in [4.78, 5) is 26.8. The summed E-state index contributed by atoms with van der Waals surface area (Å²) in [6, 6.07) is 7.89. The Hall–Kier alpha value is -3.21. The van der Waals surface area contributed by atoms with Crippen LogP contribution in [0.25, 0.3) is 16.7 Å². The minimum absolute atomic E-state index is 0.0350. The standard InChI is InChI=1S/C24H29N7O2S/c1-16(2)30-23(33)20-13-25-24(27-22(20)31(30)19-6-11-34-15-19)26-18-4-5-21(17(12-18)14-32)29-9-7-28(3)8-10-29/h4-6,11-13,15-16,32H,7-10,14H2,1-3H3,(H,25,26,27). The summed E-state index contributed by atoms with van der Waals surface area (Å²) in [6.45, 7) is 7.78. The lowest BCUT2D eigenvalue weighted by Gasteiger charge is -2.35. The van der Waals surface area contributed by atoms with E-state index in [1.165, 1.54) is 0 Å². The zero-order chi connectivity index (χ0) is 23.8. The molecule has 34 heavy (non-hydrogen) atoms. The summed E-state index contributed by atoms with van der Waals surface area (Å²) in [5, 5.41) is 17.7. The van der Waals surface area contributed by atoms with E-state index in [1.807, 2.05) is 53.6 Å². The maximum absolute atomic E-state index is 13.1. The monoisotopic (exact) mass is 479 g/mol. The molecule has 0 amide bonds. The molecule has 5 rings (SSSR count). The first kappa shape index (κ1) is 22.6. The Morgan fingerprint density at radius 3 is 2.65 bits per heavy atom. The molecule has 1 saturated heterocycles. The summed E-state index contributed by atoms with van der Waals surface area (Å²) in [5.41, 5.74) is 4.05. The SMILES string of the molecule is CC(C)n1c(=O)c2cnc(Nc3ccc(N4CCN(C)CC4)c(CO)c3)nc2n1-c1ccsc1. The predicted octanol–water partition coefficient (Wildman–Crippen LogP) is 3.21. The third-order valence-corrected chi connectivity index (χ3v) is 6.88. The quantitative estimate of drug-likeness (QED) is 0.439. The number of hydrogen-bond acceptors (Lipinski definition) is 8. The topological polar surface area (TPSA) is 91.5 Å². The van der Waals surface area contributed by atoms with Gasteiger partial charge in [0, 0.05) is 60.7 Å². The van der Waals surface area contributed by atoms with Gasteiger partial charge in [-0.25, -0.2) is 14.3 Å². The highest BCUT2D eigenvalue weighted by molar-refractivity contribution is 7.08. The van der Waals surface area contributed by atoms with Gasteiger partial charge in [-0.1, -0.05) is 0 Å². The number of rotatable bonds is 6. The number of aromatic nitrogens is 4. The van der Waals surface area contributed by atoms with Crippen LogP contribution in [-0.2, 0) is 6.61 Å². The van der Waals surface area contributed by atoms with Gasteiger partial charge in [0.2, 0.25) is 5.95 Å². The third-order valence-electron chi connectivity index (χ3n) is 6.21. The van der Waals surface area contributed by atoms with Crippen molar-refractivity contribution in [3.63, 3.8) is 0 Å². The van der Waals surface area contributed by atoms with Crippen molar-refractivity contribution in [2.45, 2.75) is 26.5 Å². The molecule has 4 heterocycles. The third kappa shape index (κ3) is 4.08. The molecule has 1 aromatic carbocycles. The van der Waals surface area contributed by atoms with E-state index >= 15 is 0 Å². The number of benzene rings is 1. The maximum atomic E-state index is 13.1. The molecule has 0 bridgehead atoms. The fourth-order valence-corrected chi connectivity index (χ4v) is 5.04. The lowest BCUT2D eigenvalue weighted by atomic mass is 10.1. The number of thiophene rings is 1. The van der Waals surface area contributed by atoms with Crippen LogP contribution in [-0.4, -0.2) is 62.6 Å². The van der Waals surface area contributed by atoms with Gasteiger partial charge in [0.15, 0.2) is 5.65 Å². The summed E-state index contributed by atoms with van der Waals surface area (Å²) in [7, 11) is 2.13. The first-order chi connectivity index (χ1) is 16.5. The van der Waals surface area contributed by atoms with Crippen molar-refractivity contribution in [3.05, 3.63) is 57.1 Å². The number of fused-ring (bicyclic) bond motifs is 1. The second kappa shape index (κ2) is 9.21.